The Morgan fingerprint density at radius 3 is 1.76 bits per heavy atom. The largest absolute Gasteiger partial charge is 0.393 e. The van der Waals surface area contributed by atoms with E-state index in [-0.39, 0.29) is 5.91 Å². The van der Waals surface area contributed by atoms with Crippen LogP contribution in [0.4, 0.5) is 0 Å². The standard InChI is InChI=1S/C8H14N2OS.C6H12N2S/c1-6(11)10-4-2-7(3-5-10)8(9)12;7-6(9)5-1-3-8-4-2-5/h7H,2-5H2,1H3,(H2,9,12);5,8H,1-4H2,(H2,7,9). The van der Waals surface area contributed by atoms with Crippen molar-refractivity contribution in [1.29, 1.82) is 0 Å². The molecule has 0 spiro atoms. The first-order valence-electron chi connectivity index (χ1n) is 7.46. The van der Waals surface area contributed by atoms with Crippen molar-refractivity contribution >= 4 is 40.3 Å². The minimum absolute atomic E-state index is 0.149. The number of amides is 1. The van der Waals surface area contributed by atoms with Crippen LogP contribution in [0, 0.1) is 11.8 Å². The summed E-state index contributed by atoms with van der Waals surface area (Å²) in [5.74, 6) is 0.994. The Balaban J connectivity index is 0.000000219. The van der Waals surface area contributed by atoms with Gasteiger partial charge in [0.05, 0.1) is 9.98 Å². The topological polar surface area (TPSA) is 84.4 Å². The van der Waals surface area contributed by atoms with Crippen molar-refractivity contribution in [3.8, 4) is 0 Å². The number of hydrogen-bond donors (Lipinski definition) is 3. The van der Waals surface area contributed by atoms with Crippen molar-refractivity contribution < 1.29 is 4.79 Å². The van der Waals surface area contributed by atoms with Gasteiger partial charge in [0, 0.05) is 31.8 Å². The molecule has 5 nitrogen and oxygen atoms in total. The fraction of sp³-hybridized carbons (Fsp3) is 0.786. The Bertz CT molecular complexity index is 353. The lowest BCUT2D eigenvalue weighted by atomic mass is 9.97. The van der Waals surface area contributed by atoms with Gasteiger partial charge in [0.2, 0.25) is 5.91 Å². The second-order valence-electron chi connectivity index (χ2n) is 5.61. The van der Waals surface area contributed by atoms with Gasteiger partial charge in [0.15, 0.2) is 0 Å². The average Bonchev–Trinajstić information content (AvgIpc) is 2.49. The number of carbonyl (C=O) groups is 1. The Morgan fingerprint density at radius 2 is 1.43 bits per heavy atom. The van der Waals surface area contributed by atoms with E-state index in [1.807, 2.05) is 4.90 Å². The van der Waals surface area contributed by atoms with E-state index >= 15 is 0 Å². The van der Waals surface area contributed by atoms with Crippen LogP contribution in [-0.2, 0) is 4.79 Å². The van der Waals surface area contributed by atoms with Gasteiger partial charge >= 0.3 is 0 Å². The number of nitrogens with two attached hydrogens (primary N) is 2. The molecule has 1 amide bonds. The lowest BCUT2D eigenvalue weighted by molar-refractivity contribution is -0.129. The first-order valence-corrected chi connectivity index (χ1v) is 8.28. The molecule has 2 rings (SSSR count). The monoisotopic (exact) mass is 330 g/mol. The van der Waals surface area contributed by atoms with E-state index in [0.29, 0.717) is 21.8 Å². The molecule has 7 heteroatoms. The van der Waals surface area contributed by atoms with Crippen LogP contribution in [0.1, 0.15) is 32.6 Å². The molecule has 2 aliphatic heterocycles. The van der Waals surface area contributed by atoms with Crippen molar-refractivity contribution in [3.63, 3.8) is 0 Å². The molecule has 0 aromatic heterocycles. The van der Waals surface area contributed by atoms with Gasteiger partial charge in [0.25, 0.3) is 0 Å². The molecule has 120 valence electrons. The van der Waals surface area contributed by atoms with Gasteiger partial charge in [-0.2, -0.15) is 0 Å². The van der Waals surface area contributed by atoms with Crippen LogP contribution in [0.25, 0.3) is 0 Å². The fourth-order valence-corrected chi connectivity index (χ4v) is 3.06. The summed E-state index contributed by atoms with van der Waals surface area (Å²) in [4.78, 5) is 14.1. The Labute approximate surface area is 137 Å². The van der Waals surface area contributed by atoms with Crippen LogP contribution in [0.15, 0.2) is 0 Å². The van der Waals surface area contributed by atoms with Crippen molar-refractivity contribution in [3.05, 3.63) is 0 Å². The van der Waals surface area contributed by atoms with E-state index in [9.17, 15) is 4.79 Å². The first kappa shape index (κ1) is 18.3. The van der Waals surface area contributed by atoms with E-state index in [4.69, 9.17) is 35.9 Å². The molecule has 0 aliphatic carbocycles. The molecule has 2 saturated heterocycles. The third kappa shape index (κ3) is 6.67. The summed E-state index contributed by atoms with van der Waals surface area (Å²) >= 11 is 9.76. The highest BCUT2D eigenvalue weighted by atomic mass is 32.1. The number of carbonyl (C=O) groups excluding carboxylic acids is 1. The smallest absolute Gasteiger partial charge is 0.219 e. The maximum atomic E-state index is 10.9. The highest BCUT2D eigenvalue weighted by Gasteiger charge is 2.21. The summed E-state index contributed by atoms with van der Waals surface area (Å²) in [5.41, 5.74) is 11.0. The van der Waals surface area contributed by atoms with Gasteiger partial charge in [0.1, 0.15) is 0 Å². The molecule has 0 aromatic rings. The molecular weight excluding hydrogens is 304 g/mol. The van der Waals surface area contributed by atoms with Crippen LogP contribution in [-0.4, -0.2) is 47.0 Å². The zero-order valence-corrected chi connectivity index (χ0v) is 14.3. The summed E-state index contributed by atoms with van der Waals surface area (Å²) in [7, 11) is 0. The van der Waals surface area contributed by atoms with Crippen molar-refractivity contribution in [2.75, 3.05) is 26.2 Å². The average molecular weight is 331 g/mol. The van der Waals surface area contributed by atoms with Gasteiger partial charge in [-0.3, -0.25) is 4.79 Å². The van der Waals surface area contributed by atoms with Crippen LogP contribution < -0.4 is 16.8 Å². The minimum atomic E-state index is 0.149. The number of piperidine rings is 2. The SMILES string of the molecule is CC(=O)N1CCC(C(N)=S)CC1.NC(=S)C1CCNCC1. The third-order valence-corrected chi connectivity index (χ3v) is 4.75. The molecule has 21 heavy (non-hydrogen) atoms. The van der Waals surface area contributed by atoms with E-state index in [1.165, 1.54) is 0 Å². The predicted molar refractivity (Wildman–Crippen MR) is 94.1 cm³/mol. The summed E-state index contributed by atoms with van der Waals surface area (Å²) < 4.78 is 0. The number of likely N-dealkylation sites (tertiary alicyclic amines) is 1. The molecule has 2 aliphatic rings. The van der Waals surface area contributed by atoms with Gasteiger partial charge < -0.3 is 21.7 Å². The van der Waals surface area contributed by atoms with Gasteiger partial charge in [-0.15, -0.1) is 0 Å². The fourth-order valence-electron chi connectivity index (χ4n) is 2.59. The van der Waals surface area contributed by atoms with Crippen LogP contribution in [0.2, 0.25) is 0 Å². The molecule has 0 unspecified atom stereocenters. The lowest BCUT2D eigenvalue weighted by Crippen LogP contribution is -2.40. The number of thiocarbonyl (C=S) groups is 2. The van der Waals surface area contributed by atoms with Crippen molar-refractivity contribution in [2.45, 2.75) is 32.6 Å². The summed E-state index contributed by atoms with van der Waals surface area (Å²) in [6, 6.07) is 0. The molecule has 0 bridgehead atoms. The molecule has 0 aromatic carbocycles. The Hall–Kier alpha value is -0.790. The maximum Gasteiger partial charge on any atom is 0.219 e. The van der Waals surface area contributed by atoms with E-state index in [0.717, 1.165) is 51.9 Å². The molecule has 5 N–H and O–H groups in total. The zero-order valence-electron chi connectivity index (χ0n) is 12.6. The zero-order chi connectivity index (χ0) is 15.8. The molecule has 2 fully saturated rings. The second kappa shape index (κ2) is 9.27. The summed E-state index contributed by atoms with van der Waals surface area (Å²) in [5, 5.41) is 3.25. The highest BCUT2D eigenvalue weighted by Crippen LogP contribution is 2.17. The Kier molecular flexibility index (Phi) is 8.06. The minimum Gasteiger partial charge on any atom is -0.393 e. The number of nitrogens with zero attached hydrogens (tertiary/aromatic N) is 1. The summed E-state index contributed by atoms with van der Waals surface area (Å²) in [6.45, 7) is 5.35. The quantitative estimate of drug-likeness (QED) is 0.650. The second-order valence-corrected chi connectivity index (χ2v) is 6.55. The van der Waals surface area contributed by atoms with Gasteiger partial charge in [-0.25, -0.2) is 0 Å². The number of rotatable bonds is 2. The molecular formula is C14H26N4OS2. The van der Waals surface area contributed by atoms with Gasteiger partial charge in [-0.1, -0.05) is 24.4 Å². The van der Waals surface area contributed by atoms with Crippen molar-refractivity contribution in [2.24, 2.45) is 23.3 Å². The molecule has 0 radical (unpaired) electrons. The number of hydrogen-bond acceptors (Lipinski definition) is 4. The van der Waals surface area contributed by atoms with Gasteiger partial charge in [-0.05, 0) is 38.8 Å². The maximum absolute atomic E-state index is 10.9. The van der Waals surface area contributed by atoms with Crippen LogP contribution >= 0.6 is 24.4 Å². The summed E-state index contributed by atoms with van der Waals surface area (Å²) in [6.07, 6.45) is 4.09. The lowest BCUT2D eigenvalue weighted by Gasteiger charge is -2.30. The molecule has 2 heterocycles. The highest BCUT2D eigenvalue weighted by molar-refractivity contribution is 7.80. The van der Waals surface area contributed by atoms with E-state index in [1.54, 1.807) is 6.92 Å². The number of nitrogens with one attached hydrogen (secondary N) is 1. The molecule has 0 saturated carbocycles. The van der Waals surface area contributed by atoms with Crippen LogP contribution in [0.5, 0.6) is 0 Å². The van der Waals surface area contributed by atoms with E-state index < -0.39 is 0 Å². The van der Waals surface area contributed by atoms with Crippen molar-refractivity contribution in [1.82, 2.24) is 10.2 Å². The van der Waals surface area contributed by atoms with Crippen LogP contribution in [0.3, 0.4) is 0 Å². The molecule has 0 atom stereocenters. The first-order chi connectivity index (χ1) is 9.91. The Morgan fingerprint density at radius 1 is 1.00 bits per heavy atom. The third-order valence-electron chi connectivity index (χ3n) is 4.08. The predicted octanol–water partition coefficient (Wildman–Crippen LogP) is 0.803. The van der Waals surface area contributed by atoms with E-state index in [2.05, 4.69) is 5.32 Å². The normalized spacial score (nSPS) is 20.3.